The lowest BCUT2D eigenvalue weighted by molar-refractivity contribution is -0.116. The maximum Gasteiger partial charge on any atom is 0.347 e. The lowest BCUT2D eigenvalue weighted by Crippen LogP contribution is -2.13. The maximum absolute atomic E-state index is 12.1. The number of benzene rings is 2. The second-order valence-corrected chi connectivity index (χ2v) is 6.63. The van der Waals surface area contributed by atoms with Crippen LogP contribution in [-0.2, 0) is 4.79 Å². The molecule has 0 saturated heterocycles. The van der Waals surface area contributed by atoms with Crippen molar-refractivity contribution in [3.8, 4) is 11.5 Å². The highest BCUT2D eigenvalue weighted by molar-refractivity contribution is 6.31. The van der Waals surface area contributed by atoms with Crippen LogP contribution in [0.1, 0.15) is 20.3 Å². The standard InChI is InChI=1S/C19H17ClN2O3/c1-11(2)8-17(23)21-14-5-3-4-12(9-14)18-22-16-10-13(20)6-7-15(16)19(24)25-18/h3-7,9-11H,8H2,1-2H3,(H,21,23). The van der Waals surface area contributed by atoms with Crippen molar-refractivity contribution in [1.29, 1.82) is 0 Å². The molecule has 0 aliphatic heterocycles. The van der Waals surface area contributed by atoms with E-state index in [0.717, 1.165) is 0 Å². The van der Waals surface area contributed by atoms with Gasteiger partial charge in [-0.3, -0.25) is 4.79 Å². The third-order valence-corrected chi connectivity index (χ3v) is 3.81. The van der Waals surface area contributed by atoms with Crippen molar-refractivity contribution in [2.24, 2.45) is 5.92 Å². The van der Waals surface area contributed by atoms with Gasteiger partial charge in [-0.25, -0.2) is 9.78 Å². The lowest BCUT2D eigenvalue weighted by Gasteiger charge is -2.08. The third-order valence-electron chi connectivity index (χ3n) is 3.58. The quantitative estimate of drug-likeness (QED) is 0.747. The number of amides is 1. The molecule has 5 nitrogen and oxygen atoms in total. The van der Waals surface area contributed by atoms with Crippen molar-refractivity contribution in [1.82, 2.24) is 4.98 Å². The highest BCUT2D eigenvalue weighted by Crippen LogP contribution is 2.23. The number of aromatic nitrogens is 1. The summed E-state index contributed by atoms with van der Waals surface area (Å²) in [5.74, 6) is 0.389. The van der Waals surface area contributed by atoms with Gasteiger partial charge in [0.15, 0.2) is 0 Å². The predicted molar refractivity (Wildman–Crippen MR) is 98.8 cm³/mol. The Bertz CT molecular complexity index is 995. The first kappa shape index (κ1) is 17.2. The van der Waals surface area contributed by atoms with E-state index in [1.54, 1.807) is 42.5 Å². The molecule has 0 spiro atoms. The normalized spacial score (nSPS) is 11.0. The number of nitrogens with one attached hydrogen (secondary N) is 1. The average Bonchev–Trinajstić information content (AvgIpc) is 2.53. The molecule has 1 aromatic heterocycles. The van der Waals surface area contributed by atoms with Gasteiger partial charge in [-0.05, 0) is 42.3 Å². The molecule has 1 N–H and O–H groups in total. The number of carbonyl (C=O) groups excluding carboxylic acids is 1. The Hall–Kier alpha value is -2.66. The van der Waals surface area contributed by atoms with Gasteiger partial charge in [0.25, 0.3) is 0 Å². The molecule has 1 amide bonds. The summed E-state index contributed by atoms with van der Waals surface area (Å²) >= 11 is 5.97. The minimum Gasteiger partial charge on any atom is -0.403 e. The molecule has 0 fully saturated rings. The minimum absolute atomic E-state index is 0.0631. The van der Waals surface area contributed by atoms with Gasteiger partial charge in [-0.1, -0.05) is 31.5 Å². The third kappa shape index (κ3) is 4.06. The Morgan fingerprint density at radius 3 is 2.80 bits per heavy atom. The fourth-order valence-electron chi connectivity index (χ4n) is 2.48. The van der Waals surface area contributed by atoms with Gasteiger partial charge < -0.3 is 9.73 Å². The molecular formula is C19H17ClN2O3. The predicted octanol–water partition coefficient (Wildman–Crippen LogP) is 4.49. The Labute approximate surface area is 149 Å². The monoisotopic (exact) mass is 356 g/mol. The number of halogens is 1. The molecule has 0 unspecified atom stereocenters. The van der Waals surface area contributed by atoms with Gasteiger partial charge in [0.1, 0.15) is 0 Å². The second-order valence-electron chi connectivity index (χ2n) is 6.19. The molecular weight excluding hydrogens is 340 g/mol. The van der Waals surface area contributed by atoms with Crippen molar-refractivity contribution >= 4 is 34.1 Å². The van der Waals surface area contributed by atoms with Gasteiger partial charge in [0.2, 0.25) is 11.8 Å². The van der Waals surface area contributed by atoms with Gasteiger partial charge in [0.05, 0.1) is 10.9 Å². The summed E-state index contributed by atoms with van der Waals surface area (Å²) in [6.07, 6.45) is 0.437. The summed E-state index contributed by atoms with van der Waals surface area (Å²) in [5.41, 5.74) is 1.21. The summed E-state index contributed by atoms with van der Waals surface area (Å²) in [4.78, 5) is 28.4. The Morgan fingerprint density at radius 2 is 2.04 bits per heavy atom. The van der Waals surface area contributed by atoms with E-state index in [9.17, 15) is 9.59 Å². The largest absolute Gasteiger partial charge is 0.403 e. The summed E-state index contributed by atoms with van der Waals surface area (Å²) in [6, 6.07) is 11.9. The minimum atomic E-state index is -0.481. The van der Waals surface area contributed by atoms with Crippen LogP contribution in [0.15, 0.2) is 51.7 Å². The first-order chi connectivity index (χ1) is 11.9. The van der Waals surface area contributed by atoms with E-state index in [0.29, 0.717) is 33.6 Å². The fraction of sp³-hybridized carbons (Fsp3) is 0.211. The smallest absolute Gasteiger partial charge is 0.347 e. The van der Waals surface area contributed by atoms with Crippen LogP contribution in [0.5, 0.6) is 0 Å². The summed E-state index contributed by atoms with van der Waals surface area (Å²) < 4.78 is 5.32. The van der Waals surface area contributed by atoms with Crippen LogP contribution in [0.4, 0.5) is 5.69 Å². The van der Waals surface area contributed by atoms with Crippen molar-refractivity contribution in [2.75, 3.05) is 5.32 Å². The van der Waals surface area contributed by atoms with Crippen LogP contribution in [0, 0.1) is 5.92 Å². The molecule has 0 atom stereocenters. The van der Waals surface area contributed by atoms with Crippen LogP contribution < -0.4 is 10.9 Å². The van der Waals surface area contributed by atoms with Crippen molar-refractivity contribution in [3.05, 3.63) is 57.9 Å². The molecule has 6 heteroatoms. The van der Waals surface area contributed by atoms with Crippen LogP contribution in [0.25, 0.3) is 22.4 Å². The number of nitrogens with zero attached hydrogens (tertiary/aromatic N) is 1. The van der Waals surface area contributed by atoms with E-state index in [4.69, 9.17) is 16.0 Å². The number of fused-ring (bicyclic) bond motifs is 1. The summed E-state index contributed by atoms with van der Waals surface area (Å²) in [6.45, 7) is 3.96. The highest BCUT2D eigenvalue weighted by atomic mass is 35.5. The van der Waals surface area contributed by atoms with E-state index in [2.05, 4.69) is 10.3 Å². The number of rotatable bonds is 4. The van der Waals surface area contributed by atoms with Crippen LogP contribution in [0.2, 0.25) is 5.02 Å². The average molecular weight is 357 g/mol. The zero-order chi connectivity index (χ0) is 18.0. The van der Waals surface area contributed by atoms with Crippen LogP contribution in [-0.4, -0.2) is 10.9 Å². The van der Waals surface area contributed by atoms with Crippen molar-refractivity contribution in [2.45, 2.75) is 20.3 Å². The van der Waals surface area contributed by atoms with Gasteiger partial charge in [-0.15, -0.1) is 0 Å². The SMILES string of the molecule is CC(C)CC(=O)Nc1cccc(-c2nc3cc(Cl)ccc3c(=O)o2)c1. The first-order valence-electron chi connectivity index (χ1n) is 7.93. The van der Waals surface area contributed by atoms with E-state index in [1.165, 1.54) is 0 Å². The first-order valence-corrected chi connectivity index (χ1v) is 8.31. The van der Waals surface area contributed by atoms with Crippen molar-refractivity contribution < 1.29 is 9.21 Å². The topological polar surface area (TPSA) is 72.2 Å². The molecule has 0 bridgehead atoms. The van der Waals surface area contributed by atoms with Gasteiger partial charge in [0, 0.05) is 22.7 Å². The second kappa shape index (κ2) is 7.07. The zero-order valence-electron chi connectivity index (χ0n) is 13.9. The van der Waals surface area contributed by atoms with Crippen LogP contribution in [0.3, 0.4) is 0 Å². The molecule has 2 aromatic carbocycles. The van der Waals surface area contributed by atoms with E-state index < -0.39 is 5.63 Å². The Kier molecular flexibility index (Phi) is 4.86. The zero-order valence-corrected chi connectivity index (χ0v) is 14.6. The molecule has 1 heterocycles. The van der Waals surface area contributed by atoms with Crippen LogP contribution >= 0.6 is 11.6 Å². The van der Waals surface area contributed by atoms with E-state index >= 15 is 0 Å². The van der Waals surface area contributed by atoms with Gasteiger partial charge in [-0.2, -0.15) is 0 Å². The Morgan fingerprint density at radius 1 is 1.24 bits per heavy atom. The molecule has 3 aromatic rings. The maximum atomic E-state index is 12.1. The number of anilines is 1. The lowest BCUT2D eigenvalue weighted by atomic mass is 10.1. The number of hydrogen-bond donors (Lipinski definition) is 1. The van der Waals surface area contributed by atoms with E-state index in [1.807, 2.05) is 13.8 Å². The molecule has 128 valence electrons. The van der Waals surface area contributed by atoms with Crippen molar-refractivity contribution in [3.63, 3.8) is 0 Å². The number of carbonyl (C=O) groups is 1. The molecule has 3 rings (SSSR count). The summed E-state index contributed by atoms with van der Waals surface area (Å²) in [5, 5.41) is 3.70. The molecule has 0 saturated carbocycles. The van der Waals surface area contributed by atoms with E-state index in [-0.39, 0.29) is 17.7 Å². The fourth-order valence-corrected chi connectivity index (χ4v) is 2.65. The molecule has 25 heavy (non-hydrogen) atoms. The molecule has 0 aliphatic carbocycles. The Balaban J connectivity index is 1.97. The highest BCUT2D eigenvalue weighted by Gasteiger charge is 2.11. The van der Waals surface area contributed by atoms with Gasteiger partial charge >= 0.3 is 5.63 Å². The molecule has 0 radical (unpaired) electrons. The molecule has 0 aliphatic rings. The summed E-state index contributed by atoms with van der Waals surface area (Å²) in [7, 11) is 0. The number of hydrogen-bond acceptors (Lipinski definition) is 4.